The highest BCUT2D eigenvalue weighted by atomic mass is 79.9. The molecule has 0 aromatic heterocycles. The maximum Gasteiger partial charge on any atom is 0.471 e. The normalized spacial score (nSPS) is 11.0. The first-order valence-electron chi connectivity index (χ1n) is 6.77. The number of hydrogen-bond acceptors (Lipinski definition) is 2. The molecule has 0 radical (unpaired) electrons. The smallest absolute Gasteiger partial charge is 0.344 e. The molecule has 0 spiro atoms. The molecule has 0 saturated carbocycles. The first-order valence-corrected chi connectivity index (χ1v) is 7.56. The van der Waals surface area contributed by atoms with Gasteiger partial charge in [0.25, 0.3) is 5.91 Å². The van der Waals surface area contributed by atoms with Gasteiger partial charge in [-0.05, 0) is 45.8 Å². The van der Waals surface area contributed by atoms with E-state index in [2.05, 4.69) is 21.2 Å². The van der Waals surface area contributed by atoms with Crippen molar-refractivity contribution in [2.24, 2.45) is 0 Å². The van der Waals surface area contributed by atoms with E-state index in [-0.39, 0.29) is 12.5 Å². The van der Waals surface area contributed by atoms with Crippen molar-refractivity contribution < 1.29 is 22.8 Å². The molecule has 0 bridgehead atoms. The highest BCUT2D eigenvalue weighted by Crippen LogP contribution is 2.18. The van der Waals surface area contributed by atoms with Crippen LogP contribution in [0.25, 0.3) is 0 Å². The average molecular weight is 401 g/mol. The fourth-order valence-electron chi connectivity index (χ4n) is 1.83. The molecule has 2 aromatic carbocycles. The van der Waals surface area contributed by atoms with E-state index < -0.39 is 12.1 Å². The summed E-state index contributed by atoms with van der Waals surface area (Å²) in [5.41, 5.74) is 1.42. The number of benzene rings is 2. The van der Waals surface area contributed by atoms with E-state index in [0.29, 0.717) is 21.3 Å². The van der Waals surface area contributed by atoms with Crippen molar-refractivity contribution >= 4 is 33.4 Å². The molecule has 0 unspecified atom stereocenters. The molecule has 126 valence electrons. The van der Waals surface area contributed by atoms with Crippen molar-refractivity contribution in [3.8, 4) is 0 Å². The molecule has 0 saturated heterocycles. The zero-order valence-corrected chi connectivity index (χ0v) is 13.7. The molecule has 4 nitrogen and oxygen atoms in total. The largest absolute Gasteiger partial charge is 0.471 e. The number of alkyl halides is 3. The second-order valence-electron chi connectivity index (χ2n) is 4.81. The average Bonchev–Trinajstić information content (AvgIpc) is 2.53. The number of anilines is 1. The Hall–Kier alpha value is -2.35. The summed E-state index contributed by atoms with van der Waals surface area (Å²) >= 11 is 3.28. The Morgan fingerprint density at radius 1 is 1.00 bits per heavy atom. The highest BCUT2D eigenvalue weighted by Gasteiger charge is 2.38. The zero-order chi connectivity index (χ0) is 17.7. The second-order valence-corrected chi connectivity index (χ2v) is 5.67. The molecule has 2 amide bonds. The van der Waals surface area contributed by atoms with Gasteiger partial charge >= 0.3 is 12.1 Å². The fourth-order valence-corrected chi connectivity index (χ4v) is 2.30. The van der Waals surface area contributed by atoms with Crippen LogP contribution in [0, 0.1) is 0 Å². The van der Waals surface area contributed by atoms with E-state index in [4.69, 9.17) is 0 Å². The lowest BCUT2D eigenvalue weighted by molar-refractivity contribution is -0.173. The van der Waals surface area contributed by atoms with Crippen LogP contribution < -0.4 is 10.6 Å². The Morgan fingerprint density at radius 2 is 1.62 bits per heavy atom. The van der Waals surface area contributed by atoms with E-state index in [1.54, 1.807) is 41.7 Å². The van der Waals surface area contributed by atoms with Gasteiger partial charge in [-0.15, -0.1) is 0 Å². The molecule has 0 aliphatic rings. The molecule has 0 aliphatic heterocycles. The van der Waals surface area contributed by atoms with Gasteiger partial charge in [0.05, 0.1) is 5.56 Å². The molecule has 2 rings (SSSR count). The lowest BCUT2D eigenvalue weighted by atomic mass is 10.2. The predicted octanol–water partition coefficient (Wildman–Crippen LogP) is 3.88. The molecule has 24 heavy (non-hydrogen) atoms. The third-order valence-electron chi connectivity index (χ3n) is 3.04. The van der Waals surface area contributed by atoms with Gasteiger partial charge in [-0.3, -0.25) is 9.59 Å². The molecule has 8 heteroatoms. The van der Waals surface area contributed by atoms with Gasteiger partial charge in [0, 0.05) is 16.7 Å². The third kappa shape index (κ3) is 4.82. The molecule has 2 aromatic rings. The molecular weight excluding hydrogens is 389 g/mol. The first-order chi connectivity index (χ1) is 11.3. The Kier molecular flexibility index (Phi) is 5.61. The summed E-state index contributed by atoms with van der Waals surface area (Å²) < 4.78 is 36.9. The monoisotopic (exact) mass is 400 g/mol. The quantitative estimate of drug-likeness (QED) is 0.817. The van der Waals surface area contributed by atoms with Crippen molar-refractivity contribution in [1.82, 2.24) is 5.32 Å². The van der Waals surface area contributed by atoms with E-state index in [1.807, 2.05) is 0 Å². The Labute approximate surface area is 144 Å². The standard InChI is InChI=1S/C16H12BrF3N2O2/c17-13-4-2-1-3-12(13)14(23)22-11-7-5-10(6-8-11)9-21-15(24)16(18,19)20/h1-8H,9H2,(H,21,24)(H,22,23). The van der Waals surface area contributed by atoms with Crippen molar-refractivity contribution in [3.05, 3.63) is 64.1 Å². The SMILES string of the molecule is O=C(Nc1ccc(CNC(=O)C(F)(F)F)cc1)c1ccccc1Br. The first kappa shape index (κ1) is 18.0. The van der Waals surface area contributed by atoms with Crippen LogP contribution in [0.3, 0.4) is 0 Å². The minimum absolute atomic E-state index is 0.253. The van der Waals surface area contributed by atoms with E-state index >= 15 is 0 Å². The van der Waals surface area contributed by atoms with E-state index in [9.17, 15) is 22.8 Å². The van der Waals surface area contributed by atoms with Gasteiger partial charge < -0.3 is 10.6 Å². The molecule has 0 fully saturated rings. The van der Waals surface area contributed by atoms with E-state index in [0.717, 1.165) is 0 Å². The van der Waals surface area contributed by atoms with Gasteiger partial charge in [0.2, 0.25) is 0 Å². The zero-order valence-electron chi connectivity index (χ0n) is 12.2. The molecule has 0 aliphatic carbocycles. The Balaban J connectivity index is 1.96. The van der Waals surface area contributed by atoms with Crippen molar-refractivity contribution in [1.29, 1.82) is 0 Å². The Morgan fingerprint density at radius 3 is 2.21 bits per heavy atom. The molecular formula is C16H12BrF3N2O2. The van der Waals surface area contributed by atoms with Gasteiger partial charge in [0.15, 0.2) is 0 Å². The van der Waals surface area contributed by atoms with Crippen LogP contribution in [-0.2, 0) is 11.3 Å². The van der Waals surface area contributed by atoms with Crippen LogP contribution in [0.15, 0.2) is 53.0 Å². The van der Waals surface area contributed by atoms with Gasteiger partial charge in [0.1, 0.15) is 0 Å². The van der Waals surface area contributed by atoms with Crippen LogP contribution in [0.5, 0.6) is 0 Å². The van der Waals surface area contributed by atoms with Gasteiger partial charge in [-0.1, -0.05) is 24.3 Å². The van der Waals surface area contributed by atoms with Crippen LogP contribution in [0.2, 0.25) is 0 Å². The van der Waals surface area contributed by atoms with Crippen LogP contribution in [-0.4, -0.2) is 18.0 Å². The number of rotatable bonds is 4. The van der Waals surface area contributed by atoms with Crippen LogP contribution in [0.1, 0.15) is 15.9 Å². The Bertz CT molecular complexity index is 746. The summed E-state index contributed by atoms with van der Waals surface area (Å²) in [6.07, 6.45) is -4.91. The van der Waals surface area contributed by atoms with Gasteiger partial charge in [-0.25, -0.2) is 0 Å². The van der Waals surface area contributed by atoms with Crippen molar-refractivity contribution in [2.75, 3.05) is 5.32 Å². The molecule has 0 atom stereocenters. The number of hydrogen-bond donors (Lipinski definition) is 2. The van der Waals surface area contributed by atoms with Gasteiger partial charge in [-0.2, -0.15) is 13.2 Å². The van der Waals surface area contributed by atoms with Crippen molar-refractivity contribution in [2.45, 2.75) is 12.7 Å². The summed E-state index contributed by atoms with van der Waals surface area (Å²) in [7, 11) is 0. The maximum atomic E-state index is 12.1. The number of carbonyl (C=O) groups is 2. The fraction of sp³-hybridized carbons (Fsp3) is 0.125. The molecule has 0 heterocycles. The van der Waals surface area contributed by atoms with Crippen LogP contribution >= 0.6 is 15.9 Å². The number of carbonyl (C=O) groups excluding carboxylic acids is 2. The van der Waals surface area contributed by atoms with Crippen LogP contribution in [0.4, 0.5) is 18.9 Å². The third-order valence-corrected chi connectivity index (χ3v) is 3.73. The topological polar surface area (TPSA) is 58.2 Å². The highest BCUT2D eigenvalue weighted by molar-refractivity contribution is 9.10. The number of halogens is 4. The minimum atomic E-state index is -4.91. The summed E-state index contributed by atoms with van der Waals surface area (Å²) in [5, 5.41) is 4.45. The summed E-state index contributed by atoms with van der Waals surface area (Å²) in [6, 6.07) is 13.0. The maximum absolute atomic E-state index is 12.1. The number of nitrogens with one attached hydrogen (secondary N) is 2. The summed E-state index contributed by atoms with van der Waals surface area (Å²) in [5.74, 6) is -2.31. The summed E-state index contributed by atoms with van der Waals surface area (Å²) in [4.78, 5) is 22.9. The number of amides is 2. The van der Waals surface area contributed by atoms with E-state index in [1.165, 1.54) is 12.1 Å². The lowest BCUT2D eigenvalue weighted by Crippen LogP contribution is -2.36. The van der Waals surface area contributed by atoms with Crippen molar-refractivity contribution in [3.63, 3.8) is 0 Å². The lowest BCUT2D eigenvalue weighted by Gasteiger charge is -2.09. The summed E-state index contributed by atoms with van der Waals surface area (Å²) in [6.45, 7) is -0.253. The predicted molar refractivity (Wildman–Crippen MR) is 86.4 cm³/mol. The minimum Gasteiger partial charge on any atom is -0.344 e. The molecule has 2 N–H and O–H groups in total. The second kappa shape index (κ2) is 7.48.